The molecule has 1 heterocycles. The monoisotopic (exact) mass is 856 g/mol. The number of allylic oxidation sites excluding steroid dienone is 10. The Bertz CT molecular complexity index is 2050. The van der Waals surface area contributed by atoms with Crippen LogP contribution in [0.15, 0.2) is 98.6 Å². The summed E-state index contributed by atoms with van der Waals surface area (Å²) in [5.74, 6) is 0.770. The minimum Gasteiger partial charge on any atom is -0.456 e. The third-order valence-corrected chi connectivity index (χ3v) is 11.2. The summed E-state index contributed by atoms with van der Waals surface area (Å²) in [6, 6.07) is 10.2. The van der Waals surface area contributed by atoms with Gasteiger partial charge in [0.15, 0.2) is 11.6 Å². The van der Waals surface area contributed by atoms with E-state index in [2.05, 4.69) is 0 Å². The first-order valence-electron chi connectivity index (χ1n) is 18.0. The molecule has 1 aromatic heterocycles. The fourth-order valence-electron chi connectivity index (χ4n) is 6.76. The van der Waals surface area contributed by atoms with Crippen LogP contribution in [0.5, 0.6) is 0 Å². The van der Waals surface area contributed by atoms with Gasteiger partial charge in [-0.05, 0) is 93.5 Å². The van der Waals surface area contributed by atoms with Crippen LogP contribution in [0.25, 0.3) is 11.1 Å². The minimum absolute atomic E-state index is 0.0229. The highest BCUT2D eigenvalue weighted by Crippen LogP contribution is 2.48. The molecule has 0 saturated carbocycles. The lowest BCUT2D eigenvalue weighted by molar-refractivity contribution is -0.114. The van der Waals surface area contributed by atoms with Gasteiger partial charge < -0.3 is 4.42 Å². The third kappa shape index (κ3) is 8.89. The molecule has 0 N–H and O–H groups in total. The highest BCUT2D eigenvalue weighted by Gasteiger charge is 2.37. The molecule has 0 amide bonds. The van der Waals surface area contributed by atoms with E-state index >= 15 is 0 Å². The number of furan rings is 1. The van der Waals surface area contributed by atoms with E-state index in [-0.39, 0.29) is 11.6 Å². The molecule has 0 fully saturated rings. The van der Waals surface area contributed by atoms with Crippen LogP contribution in [0.1, 0.15) is 106 Å². The normalized spacial score (nSPS) is 15.9. The Balaban J connectivity index is 1.97. The molecule has 290 valence electrons. The van der Waals surface area contributed by atoms with E-state index < -0.39 is 21.7 Å². The predicted molar refractivity (Wildman–Crippen MR) is 234 cm³/mol. The average molecular weight is 860 g/mol. The average Bonchev–Trinajstić information content (AvgIpc) is 3.48. The maximum absolute atomic E-state index is 14.0. The van der Waals surface area contributed by atoms with Gasteiger partial charge >= 0.3 is 0 Å². The number of halogens is 6. The van der Waals surface area contributed by atoms with Gasteiger partial charge in [-0.2, -0.15) is 0 Å². The Hall–Kier alpha value is -2.76. The number of hydrogen-bond acceptors (Lipinski definition) is 3. The molecule has 2 aliphatic carbocycles. The van der Waals surface area contributed by atoms with Gasteiger partial charge in [-0.25, -0.2) is 0 Å². The first-order chi connectivity index (χ1) is 25.1. The Morgan fingerprint density at radius 2 is 0.673 bits per heavy atom. The van der Waals surface area contributed by atoms with Gasteiger partial charge in [-0.1, -0.05) is 153 Å². The van der Waals surface area contributed by atoms with Gasteiger partial charge in [-0.15, -0.1) is 0 Å². The van der Waals surface area contributed by atoms with Crippen LogP contribution in [-0.2, 0) is 9.59 Å². The van der Waals surface area contributed by atoms with Gasteiger partial charge in [0, 0.05) is 54.6 Å². The lowest BCUT2D eigenvalue weighted by Crippen LogP contribution is -2.28. The molecule has 5 rings (SSSR count). The maximum atomic E-state index is 14.0. The number of hydrogen-bond donors (Lipinski definition) is 0. The molecule has 3 aromatic rings. The third-order valence-electron chi connectivity index (χ3n) is 9.60. The number of carbonyl (C=O) groups excluding carboxylic acids is 2. The second-order valence-electron chi connectivity index (χ2n) is 18.2. The molecule has 2 aromatic carbocycles. The van der Waals surface area contributed by atoms with Crippen LogP contribution in [-0.4, -0.2) is 11.6 Å². The predicted octanol–water partition coefficient (Wildman–Crippen LogP) is 15.9. The quantitative estimate of drug-likeness (QED) is 0.263. The lowest BCUT2D eigenvalue weighted by atomic mass is 9.71. The Labute approximate surface area is 355 Å². The van der Waals surface area contributed by atoms with E-state index in [0.29, 0.717) is 97.4 Å². The molecule has 0 saturated heterocycles. The molecular formula is C46H46Cl6O3. The molecular weight excluding hydrogens is 813 g/mol. The lowest BCUT2D eigenvalue weighted by Gasteiger charge is -2.32. The first-order valence-corrected chi connectivity index (χ1v) is 20.2. The van der Waals surface area contributed by atoms with Crippen molar-refractivity contribution in [2.75, 3.05) is 0 Å². The summed E-state index contributed by atoms with van der Waals surface area (Å²) in [5, 5.41) is 1.94. The number of carbonyl (C=O) groups is 2. The van der Waals surface area contributed by atoms with Crippen molar-refractivity contribution in [2.45, 2.75) is 83.1 Å². The van der Waals surface area contributed by atoms with Crippen LogP contribution in [0.2, 0.25) is 30.1 Å². The molecule has 0 unspecified atom stereocenters. The first kappa shape index (κ1) is 43.4. The van der Waals surface area contributed by atoms with E-state index in [4.69, 9.17) is 74.0 Å². The largest absolute Gasteiger partial charge is 0.456 e. The van der Waals surface area contributed by atoms with Crippen molar-refractivity contribution in [1.82, 2.24) is 0 Å². The van der Waals surface area contributed by atoms with Gasteiger partial charge in [0.05, 0.1) is 20.1 Å². The SMILES string of the molecule is CC(C)(C)C1=CC(=C(c2ccc(C(=C3C=C(C(C)(C)C)C(=O)C(C(C)(C)C)=C3)c3c(Cl)cc(Cl)cc3Cl)o2)c2c(Cl)cc(Cl)cc2Cl)C=C(C(C)(C)C)C1=O. The molecule has 0 spiro atoms. The zero-order chi connectivity index (χ0) is 41.3. The second-order valence-corrected chi connectivity index (χ2v) is 20.7. The van der Waals surface area contributed by atoms with Crippen molar-refractivity contribution in [1.29, 1.82) is 0 Å². The zero-order valence-corrected chi connectivity index (χ0v) is 37.8. The van der Waals surface area contributed by atoms with Crippen molar-refractivity contribution < 1.29 is 14.0 Å². The zero-order valence-electron chi connectivity index (χ0n) is 33.3. The Morgan fingerprint density at radius 3 is 0.891 bits per heavy atom. The van der Waals surface area contributed by atoms with Crippen LogP contribution in [0, 0.1) is 21.7 Å². The molecule has 0 bridgehead atoms. The van der Waals surface area contributed by atoms with Crippen molar-refractivity contribution in [3.63, 3.8) is 0 Å². The van der Waals surface area contributed by atoms with Crippen LogP contribution >= 0.6 is 69.6 Å². The topological polar surface area (TPSA) is 47.3 Å². The Kier molecular flexibility index (Phi) is 12.0. The van der Waals surface area contributed by atoms with Crippen molar-refractivity contribution >= 4 is 92.3 Å². The van der Waals surface area contributed by atoms with E-state index in [9.17, 15) is 9.59 Å². The molecule has 2 aliphatic rings. The molecule has 3 nitrogen and oxygen atoms in total. The molecule has 9 heteroatoms. The summed E-state index contributed by atoms with van der Waals surface area (Å²) in [6.45, 7) is 24.1. The number of ketones is 2. The fourth-order valence-corrected chi connectivity index (χ4v) is 8.77. The molecule has 55 heavy (non-hydrogen) atoms. The summed E-state index contributed by atoms with van der Waals surface area (Å²) in [6.07, 6.45) is 7.58. The van der Waals surface area contributed by atoms with Crippen LogP contribution < -0.4 is 0 Å². The molecule has 0 aliphatic heterocycles. The van der Waals surface area contributed by atoms with Crippen LogP contribution in [0.4, 0.5) is 0 Å². The molecule has 0 atom stereocenters. The Morgan fingerprint density at radius 1 is 0.436 bits per heavy atom. The van der Waals surface area contributed by atoms with Crippen molar-refractivity contribution in [3.8, 4) is 0 Å². The van der Waals surface area contributed by atoms with Crippen LogP contribution in [0.3, 0.4) is 0 Å². The maximum Gasteiger partial charge on any atom is 0.186 e. The second kappa shape index (κ2) is 15.2. The minimum atomic E-state index is -0.494. The number of Topliss-reactive ketones (excluding diaryl/α,β-unsaturated/α-hetero) is 2. The van der Waals surface area contributed by atoms with E-state index in [1.165, 1.54) is 0 Å². The summed E-state index contributed by atoms with van der Waals surface area (Å²) < 4.78 is 6.94. The van der Waals surface area contributed by atoms with Gasteiger partial charge in [0.1, 0.15) is 11.5 Å². The summed E-state index contributed by atoms with van der Waals surface area (Å²) >= 11 is 40.8. The highest BCUT2D eigenvalue weighted by atomic mass is 35.5. The van der Waals surface area contributed by atoms with Gasteiger partial charge in [0.25, 0.3) is 0 Å². The van der Waals surface area contributed by atoms with E-state index in [0.717, 1.165) is 0 Å². The highest BCUT2D eigenvalue weighted by molar-refractivity contribution is 6.42. The summed E-state index contributed by atoms with van der Waals surface area (Å²) in [4.78, 5) is 28.1. The van der Waals surface area contributed by atoms with Crippen molar-refractivity contribution in [3.05, 3.63) is 147 Å². The van der Waals surface area contributed by atoms with Crippen molar-refractivity contribution in [2.24, 2.45) is 21.7 Å². The van der Waals surface area contributed by atoms with E-state index in [1.54, 1.807) is 24.3 Å². The van der Waals surface area contributed by atoms with Gasteiger partial charge in [0.2, 0.25) is 0 Å². The number of benzene rings is 2. The smallest absolute Gasteiger partial charge is 0.186 e. The van der Waals surface area contributed by atoms with Gasteiger partial charge in [-0.3, -0.25) is 9.59 Å². The summed E-state index contributed by atoms with van der Waals surface area (Å²) in [7, 11) is 0. The standard InChI is InChI=1S/C46H46Cl6O3/c1-43(2,3)27-15-23(16-28(41(27)53)44(4,5)6)37(39-31(49)19-25(47)20-32(39)50)35-13-14-36(55-35)38(40-33(51)21-26(48)22-34(40)52)24-17-29(45(7,8)9)42(54)30(18-24)46(10,11)12/h13-22H,1-12H3. The summed E-state index contributed by atoms with van der Waals surface area (Å²) in [5.41, 5.74) is 4.02. The number of rotatable bonds is 4. The van der Waals surface area contributed by atoms with E-state index in [1.807, 2.05) is 120 Å². The fraction of sp³-hybridized carbons (Fsp3) is 0.348. The molecule has 0 radical (unpaired) electrons.